The Morgan fingerprint density at radius 3 is 2.64 bits per heavy atom. The molecule has 0 aliphatic rings. The van der Waals surface area contributed by atoms with E-state index < -0.39 is 0 Å². The number of unbranched alkanes of at least 4 members (excludes halogenated alkanes) is 1. The first-order valence-corrected chi connectivity index (χ1v) is 8.37. The van der Waals surface area contributed by atoms with Crippen molar-refractivity contribution in [1.29, 1.82) is 5.26 Å². The molecule has 0 atom stereocenters. The highest BCUT2D eigenvalue weighted by molar-refractivity contribution is 5.97. The van der Waals surface area contributed by atoms with E-state index in [0.717, 1.165) is 24.9 Å². The highest BCUT2D eigenvalue weighted by Crippen LogP contribution is 2.27. The SMILES string of the molecule is CCCCN(C)/C=C(/C#N)C(=O)NCCc1ccc(OC)c(OC)c1. The van der Waals surface area contributed by atoms with Crippen LogP contribution in [-0.2, 0) is 11.2 Å². The molecule has 0 saturated heterocycles. The van der Waals surface area contributed by atoms with Crippen LogP contribution in [0.5, 0.6) is 11.5 Å². The fraction of sp³-hybridized carbons (Fsp3) is 0.474. The normalized spacial score (nSPS) is 10.8. The van der Waals surface area contributed by atoms with Crippen molar-refractivity contribution >= 4 is 5.91 Å². The van der Waals surface area contributed by atoms with Gasteiger partial charge in [-0.3, -0.25) is 4.79 Å². The second-order valence-corrected chi connectivity index (χ2v) is 5.68. The molecule has 1 N–H and O–H groups in total. The zero-order chi connectivity index (χ0) is 18.7. The van der Waals surface area contributed by atoms with Gasteiger partial charge >= 0.3 is 0 Å². The van der Waals surface area contributed by atoms with E-state index in [9.17, 15) is 10.1 Å². The smallest absolute Gasteiger partial charge is 0.263 e. The summed E-state index contributed by atoms with van der Waals surface area (Å²) in [6.07, 6.45) is 4.32. The lowest BCUT2D eigenvalue weighted by Crippen LogP contribution is -2.28. The van der Waals surface area contributed by atoms with Crippen molar-refractivity contribution in [1.82, 2.24) is 10.2 Å². The number of benzene rings is 1. The maximum Gasteiger partial charge on any atom is 0.263 e. The lowest BCUT2D eigenvalue weighted by molar-refractivity contribution is -0.117. The lowest BCUT2D eigenvalue weighted by atomic mass is 10.1. The Morgan fingerprint density at radius 2 is 2.04 bits per heavy atom. The van der Waals surface area contributed by atoms with Crippen LogP contribution in [0.1, 0.15) is 25.3 Å². The third-order valence-electron chi connectivity index (χ3n) is 3.73. The van der Waals surface area contributed by atoms with Gasteiger partial charge in [0.1, 0.15) is 11.6 Å². The van der Waals surface area contributed by atoms with E-state index in [1.807, 2.05) is 36.2 Å². The maximum absolute atomic E-state index is 12.1. The molecule has 0 spiro atoms. The molecule has 1 aromatic rings. The van der Waals surface area contributed by atoms with Crippen LogP contribution in [0, 0.1) is 11.3 Å². The molecule has 0 saturated carbocycles. The number of nitrogens with zero attached hydrogens (tertiary/aromatic N) is 2. The Kier molecular flexibility index (Phi) is 8.94. The van der Waals surface area contributed by atoms with Gasteiger partial charge < -0.3 is 19.7 Å². The second-order valence-electron chi connectivity index (χ2n) is 5.68. The van der Waals surface area contributed by atoms with Crippen molar-refractivity contribution in [3.63, 3.8) is 0 Å². The largest absolute Gasteiger partial charge is 0.493 e. The molecule has 0 aliphatic heterocycles. The number of methoxy groups -OCH3 is 2. The zero-order valence-corrected chi connectivity index (χ0v) is 15.5. The van der Waals surface area contributed by atoms with Gasteiger partial charge in [-0.1, -0.05) is 19.4 Å². The number of nitriles is 1. The summed E-state index contributed by atoms with van der Waals surface area (Å²) < 4.78 is 10.5. The minimum atomic E-state index is -0.355. The van der Waals surface area contributed by atoms with Crippen LogP contribution in [0.2, 0.25) is 0 Å². The van der Waals surface area contributed by atoms with Crippen LogP contribution in [-0.4, -0.2) is 45.2 Å². The number of hydrogen-bond acceptors (Lipinski definition) is 5. The van der Waals surface area contributed by atoms with Gasteiger partial charge in [0.05, 0.1) is 14.2 Å². The first-order chi connectivity index (χ1) is 12.0. The summed E-state index contributed by atoms with van der Waals surface area (Å²) in [6.45, 7) is 3.36. The fourth-order valence-electron chi connectivity index (χ4n) is 2.28. The molecule has 0 aliphatic carbocycles. The van der Waals surface area contributed by atoms with E-state index in [4.69, 9.17) is 9.47 Å². The Hall–Kier alpha value is -2.68. The summed E-state index contributed by atoms with van der Waals surface area (Å²) in [7, 11) is 5.04. The topological polar surface area (TPSA) is 74.6 Å². The summed E-state index contributed by atoms with van der Waals surface area (Å²) in [4.78, 5) is 14.0. The monoisotopic (exact) mass is 345 g/mol. The van der Waals surface area contributed by atoms with E-state index in [0.29, 0.717) is 24.5 Å². The molecular weight excluding hydrogens is 318 g/mol. The molecule has 6 heteroatoms. The molecule has 0 bridgehead atoms. The minimum absolute atomic E-state index is 0.117. The van der Waals surface area contributed by atoms with Gasteiger partial charge in [-0.2, -0.15) is 5.26 Å². The number of nitrogens with one attached hydrogen (secondary N) is 1. The molecule has 1 amide bonds. The zero-order valence-electron chi connectivity index (χ0n) is 15.5. The summed E-state index contributed by atoms with van der Waals surface area (Å²) in [6, 6.07) is 7.60. The third kappa shape index (κ3) is 6.76. The van der Waals surface area contributed by atoms with Crippen molar-refractivity contribution in [3.05, 3.63) is 35.5 Å². The molecule has 1 rings (SSSR count). The van der Waals surface area contributed by atoms with Gasteiger partial charge in [0.15, 0.2) is 11.5 Å². The Morgan fingerprint density at radius 1 is 1.32 bits per heavy atom. The standard InChI is InChI=1S/C19H27N3O3/c1-5-6-11-22(2)14-16(13-20)19(23)21-10-9-15-7-8-17(24-3)18(12-15)25-4/h7-8,12,14H,5-6,9-11H2,1-4H3,(H,21,23)/b16-14-. The van der Waals surface area contributed by atoms with Gasteiger partial charge in [0, 0.05) is 26.3 Å². The molecule has 25 heavy (non-hydrogen) atoms. The van der Waals surface area contributed by atoms with E-state index >= 15 is 0 Å². The number of ether oxygens (including phenoxy) is 2. The summed E-state index contributed by atoms with van der Waals surface area (Å²) in [5.74, 6) is 0.966. The molecule has 0 heterocycles. The molecule has 0 fully saturated rings. The van der Waals surface area contributed by atoms with E-state index in [1.54, 1.807) is 20.4 Å². The molecule has 6 nitrogen and oxygen atoms in total. The van der Waals surface area contributed by atoms with Gasteiger partial charge in [-0.25, -0.2) is 0 Å². The average molecular weight is 345 g/mol. The Labute approximate surface area is 150 Å². The first kappa shape index (κ1) is 20.4. The minimum Gasteiger partial charge on any atom is -0.493 e. The number of amides is 1. The maximum atomic E-state index is 12.1. The summed E-state index contributed by atoms with van der Waals surface area (Å²) >= 11 is 0. The van der Waals surface area contributed by atoms with Crippen molar-refractivity contribution in [2.75, 3.05) is 34.4 Å². The van der Waals surface area contributed by atoms with Gasteiger partial charge in [0.2, 0.25) is 0 Å². The van der Waals surface area contributed by atoms with Gasteiger partial charge in [-0.05, 0) is 30.5 Å². The highest BCUT2D eigenvalue weighted by atomic mass is 16.5. The van der Waals surface area contributed by atoms with Gasteiger partial charge in [-0.15, -0.1) is 0 Å². The average Bonchev–Trinajstić information content (AvgIpc) is 2.63. The lowest BCUT2D eigenvalue weighted by Gasteiger charge is -2.14. The van der Waals surface area contributed by atoms with Crippen LogP contribution in [0.3, 0.4) is 0 Å². The van der Waals surface area contributed by atoms with E-state index in [2.05, 4.69) is 12.2 Å². The molecule has 0 radical (unpaired) electrons. The highest BCUT2D eigenvalue weighted by Gasteiger charge is 2.10. The summed E-state index contributed by atoms with van der Waals surface area (Å²) in [5.41, 5.74) is 1.13. The predicted molar refractivity (Wildman–Crippen MR) is 97.5 cm³/mol. The summed E-state index contributed by atoms with van der Waals surface area (Å²) in [5, 5.41) is 12.0. The van der Waals surface area contributed by atoms with Crippen molar-refractivity contribution in [2.45, 2.75) is 26.2 Å². The van der Waals surface area contributed by atoms with Crippen molar-refractivity contribution in [3.8, 4) is 17.6 Å². The number of carbonyl (C=O) groups is 1. The Balaban J connectivity index is 2.58. The molecule has 1 aromatic carbocycles. The number of carbonyl (C=O) groups excluding carboxylic acids is 1. The third-order valence-corrected chi connectivity index (χ3v) is 3.73. The number of hydrogen-bond donors (Lipinski definition) is 1. The molecular formula is C19H27N3O3. The van der Waals surface area contributed by atoms with Crippen LogP contribution in [0.4, 0.5) is 0 Å². The predicted octanol–water partition coefficient (Wildman–Crippen LogP) is 2.50. The van der Waals surface area contributed by atoms with Gasteiger partial charge in [0.25, 0.3) is 5.91 Å². The molecule has 0 unspecified atom stereocenters. The fourth-order valence-corrected chi connectivity index (χ4v) is 2.28. The van der Waals surface area contributed by atoms with E-state index in [1.165, 1.54) is 0 Å². The van der Waals surface area contributed by atoms with Crippen molar-refractivity contribution < 1.29 is 14.3 Å². The van der Waals surface area contributed by atoms with Crippen LogP contribution in [0.15, 0.2) is 30.0 Å². The van der Waals surface area contributed by atoms with Crippen LogP contribution in [0.25, 0.3) is 0 Å². The first-order valence-electron chi connectivity index (χ1n) is 8.37. The molecule has 0 aromatic heterocycles. The quantitative estimate of drug-likeness (QED) is 0.521. The second kappa shape index (κ2) is 11.0. The van der Waals surface area contributed by atoms with Crippen LogP contribution < -0.4 is 14.8 Å². The van der Waals surface area contributed by atoms with E-state index in [-0.39, 0.29) is 11.5 Å². The van der Waals surface area contributed by atoms with Crippen LogP contribution >= 0.6 is 0 Å². The molecule has 136 valence electrons. The Bertz CT molecular complexity index is 635. The number of rotatable bonds is 10. The van der Waals surface area contributed by atoms with Crippen molar-refractivity contribution in [2.24, 2.45) is 0 Å².